The van der Waals surface area contributed by atoms with Crippen molar-refractivity contribution in [3.8, 4) is 0 Å². The third kappa shape index (κ3) is 5.37. The maximum absolute atomic E-state index is 13.5. The third-order valence-electron chi connectivity index (χ3n) is 5.73. The summed E-state index contributed by atoms with van der Waals surface area (Å²) in [5.74, 6) is -0.614. The highest BCUT2D eigenvalue weighted by Gasteiger charge is 2.29. The highest BCUT2D eigenvalue weighted by molar-refractivity contribution is 8.04. The summed E-state index contributed by atoms with van der Waals surface area (Å²) in [6.07, 6.45) is 5.23. The molecule has 1 aromatic heterocycles. The van der Waals surface area contributed by atoms with Gasteiger partial charge < -0.3 is 10.2 Å². The lowest BCUT2D eigenvalue weighted by Crippen LogP contribution is -2.33. The molecule has 1 N–H and O–H groups in total. The number of amides is 2. The highest BCUT2D eigenvalue weighted by atomic mass is 32.2. The van der Waals surface area contributed by atoms with Gasteiger partial charge in [0.1, 0.15) is 5.82 Å². The topological polar surface area (TPSA) is 62.3 Å². The number of halogens is 1. The quantitative estimate of drug-likeness (QED) is 0.342. The van der Waals surface area contributed by atoms with Crippen LogP contribution in [0.3, 0.4) is 0 Å². The van der Waals surface area contributed by atoms with Crippen LogP contribution in [-0.4, -0.2) is 16.8 Å². The van der Waals surface area contributed by atoms with E-state index in [0.717, 1.165) is 27.3 Å². The molecule has 2 heterocycles. The zero-order chi connectivity index (χ0) is 24.9. The first-order valence-electron chi connectivity index (χ1n) is 11.4. The fraction of sp³-hybridized carbons (Fsp3) is 0.0690. The van der Waals surface area contributed by atoms with Gasteiger partial charge in [-0.05, 0) is 65.2 Å². The Labute approximate surface area is 212 Å². The Kier molecular flexibility index (Phi) is 6.91. The molecule has 0 spiro atoms. The van der Waals surface area contributed by atoms with Crippen LogP contribution in [0.1, 0.15) is 27.0 Å². The van der Waals surface area contributed by atoms with Crippen LogP contribution in [0.5, 0.6) is 0 Å². The standard InChI is InChI=1S/C29H22FN3O2S/c30-24-13-9-21(10-14-24)19-33-25-5-1-2-6-26(25)36-27(29(33)35)16-20-7-11-23(12-8-20)28(34)32-18-22-4-3-15-31-17-22/h1-17H,18-19H2,(H,32,34). The molecule has 36 heavy (non-hydrogen) atoms. The lowest BCUT2D eigenvalue weighted by molar-refractivity contribution is -0.114. The number of fused-ring (bicyclic) bond motifs is 1. The summed E-state index contributed by atoms with van der Waals surface area (Å²) >= 11 is 1.42. The second-order valence-corrected chi connectivity index (χ2v) is 9.35. The Hall–Kier alpha value is -4.23. The Bertz CT molecular complexity index is 1420. The molecule has 0 saturated carbocycles. The van der Waals surface area contributed by atoms with E-state index in [1.54, 1.807) is 41.6 Å². The van der Waals surface area contributed by atoms with E-state index in [9.17, 15) is 14.0 Å². The summed E-state index contributed by atoms with van der Waals surface area (Å²) in [5, 5.41) is 2.88. The predicted octanol–water partition coefficient (Wildman–Crippen LogP) is 5.83. The van der Waals surface area contributed by atoms with Crippen LogP contribution in [0.2, 0.25) is 0 Å². The molecule has 0 saturated heterocycles. The first-order chi connectivity index (χ1) is 17.6. The van der Waals surface area contributed by atoms with Crippen LogP contribution in [0.25, 0.3) is 6.08 Å². The van der Waals surface area contributed by atoms with E-state index >= 15 is 0 Å². The van der Waals surface area contributed by atoms with E-state index in [1.807, 2.05) is 54.6 Å². The average molecular weight is 496 g/mol. The lowest BCUT2D eigenvalue weighted by atomic mass is 10.1. The van der Waals surface area contributed by atoms with Crippen molar-refractivity contribution in [1.82, 2.24) is 10.3 Å². The minimum absolute atomic E-state index is 0.124. The molecule has 3 aromatic carbocycles. The van der Waals surface area contributed by atoms with Crippen LogP contribution in [0, 0.1) is 5.82 Å². The predicted molar refractivity (Wildman–Crippen MR) is 140 cm³/mol. The number of nitrogens with zero attached hydrogens (tertiary/aromatic N) is 2. The minimum atomic E-state index is -0.311. The number of rotatable bonds is 6. The molecular weight excluding hydrogens is 473 g/mol. The van der Waals surface area contributed by atoms with Crippen molar-refractivity contribution in [1.29, 1.82) is 0 Å². The normalized spacial score (nSPS) is 14.0. The molecule has 0 radical (unpaired) electrons. The molecule has 4 aromatic rings. The van der Waals surface area contributed by atoms with E-state index in [2.05, 4.69) is 10.3 Å². The molecule has 0 bridgehead atoms. The number of hydrogen-bond acceptors (Lipinski definition) is 4. The highest BCUT2D eigenvalue weighted by Crippen LogP contribution is 2.42. The molecule has 0 fully saturated rings. The van der Waals surface area contributed by atoms with Crippen molar-refractivity contribution in [2.45, 2.75) is 18.0 Å². The second-order valence-electron chi connectivity index (χ2n) is 8.26. The monoisotopic (exact) mass is 495 g/mol. The molecule has 0 atom stereocenters. The number of para-hydroxylation sites is 1. The molecule has 1 aliphatic rings. The van der Waals surface area contributed by atoms with Gasteiger partial charge in [-0.2, -0.15) is 0 Å². The number of nitrogens with one attached hydrogen (secondary N) is 1. The van der Waals surface area contributed by atoms with Gasteiger partial charge in [0.15, 0.2) is 0 Å². The van der Waals surface area contributed by atoms with Crippen LogP contribution in [0.15, 0.2) is 107 Å². The number of carbonyl (C=O) groups is 2. The molecule has 5 rings (SSSR count). The summed E-state index contributed by atoms with van der Waals surface area (Å²) in [4.78, 5) is 33.3. The second kappa shape index (κ2) is 10.6. The maximum atomic E-state index is 13.5. The average Bonchev–Trinajstić information content (AvgIpc) is 2.92. The number of benzene rings is 3. The third-order valence-corrected chi connectivity index (χ3v) is 6.81. The zero-order valence-corrected chi connectivity index (χ0v) is 20.0. The van der Waals surface area contributed by atoms with Gasteiger partial charge in [0, 0.05) is 29.4 Å². The molecular formula is C29H22FN3O2S. The van der Waals surface area contributed by atoms with E-state index < -0.39 is 0 Å². The number of carbonyl (C=O) groups excluding carboxylic acids is 2. The molecule has 7 heteroatoms. The fourth-order valence-corrected chi connectivity index (χ4v) is 4.92. The summed E-state index contributed by atoms with van der Waals surface area (Å²) in [6, 6.07) is 24.8. The number of hydrogen-bond donors (Lipinski definition) is 1. The Balaban J connectivity index is 1.34. The van der Waals surface area contributed by atoms with E-state index in [0.29, 0.717) is 23.6 Å². The van der Waals surface area contributed by atoms with Gasteiger partial charge in [-0.25, -0.2) is 4.39 Å². The van der Waals surface area contributed by atoms with Crippen molar-refractivity contribution in [3.63, 3.8) is 0 Å². The Morgan fingerprint density at radius 2 is 1.72 bits per heavy atom. The number of thioether (sulfide) groups is 1. The van der Waals surface area contributed by atoms with Gasteiger partial charge in [0.25, 0.3) is 11.8 Å². The smallest absolute Gasteiger partial charge is 0.265 e. The Morgan fingerprint density at radius 1 is 0.944 bits per heavy atom. The number of anilines is 1. The fourth-order valence-electron chi connectivity index (χ4n) is 3.86. The van der Waals surface area contributed by atoms with Crippen molar-refractivity contribution in [2.75, 3.05) is 4.90 Å². The zero-order valence-electron chi connectivity index (χ0n) is 19.2. The first kappa shape index (κ1) is 23.5. The van der Waals surface area contributed by atoms with E-state index in [1.165, 1.54) is 23.9 Å². The van der Waals surface area contributed by atoms with Crippen LogP contribution >= 0.6 is 11.8 Å². The minimum Gasteiger partial charge on any atom is -0.348 e. The van der Waals surface area contributed by atoms with Crippen LogP contribution < -0.4 is 10.2 Å². The van der Waals surface area contributed by atoms with Gasteiger partial charge >= 0.3 is 0 Å². The van der Waals surface area contributed by atoms with Gasteiger partial charge in [0.05, 0.1) is 17.1 Å². The molecule has 0 unspecified atom stereocenters. The SMILES string of the molecule is O=C(NCc1cccnc1)c1ccc(C=C2Sc3ccccc3N(Cc3ccc(F)cc3)C2=O)cc1. The molecule has 178 valence electrons. The molecule has 2 amide bonds. The van der Waals surface area contributed by atoms with Crippen LogP contribution in [0.4, 0.5) is 10.1 Å². The van der Waals surface area contributed by atoms with Gasteiger partial charge in [0.2, 0.25) is 0 Å². The van der Waals surface area contributed by atoms with E-state index in [-0.39, 0.29) is 17.6 Å². The van der Waals surface area contributed by atoms with Gasteiger partial charge in [-0.3, -0.25) is 14.6 Å². The number of pyridine rings is 1. The van der Waals surface area contributed by atoms with Crippen molar-refractivity contribution < 1.29 is 14.0 Å². The van der Waals surface area contributed by atoms with Crippen molar-refractivity contribution >= 4 is 35.3 Å². The summed E-state index contributed by atoms with van der Waals surface area (Å²) in [5.41, 5.74) is 3.94. The molecule has 0 aliphatic carbocycles. The number of aromatic nitrogens is 1. The van der Waals surface area contributed by atoms with Crippen molar-refractivity contribution in [2.24, 2.45) is 0 Å². The van der Waals surface area contributed by atoms with Gasteiger partial charge in [-0.15, -0.1) is 0 Å². The summed E-state index contributed by atoms with van der Waals surface area (Å²) in [7, 11) is 0. The largest absolute Gasteiger partial charge is 0.348 e. The lowest BCUT2D eigenvalue weighted by Gasteiger charge is -2.30. The summed E-state index contributed by atoms with van der Waals surface area (Å²) < 4.78 is 13.4. The van der Waals surface area contributed by atoms with Crippen molar-refractivity contribution in [3.05, 3.63) is 130 Å². The Morgan fingerprint density at radius 3 is 2.47 bits per heavy atom. The van der Waals surface area contributed by atoms with Crippen LogP contribution in [-0.2, 0) is 17.9 Å². The van der Waals surface area contributed by atoms with Gasteiger partial charge in [-0.1, -0.05) is 54.2 Å². The molecule has 5 nitrogen and oxygen atoms in total. The first-order valence-corrected chi connectivity index (χ1v) is 12.2. The summed E-state index contributed by atoms with van der Waals surface area (Å²) in [6.45, 7) is 0.733. The maximum Gasteiger partial charge on any atom is 0.265 e. The molecule has 1 aliphatic heterocycles. The van der Waals surface area contributed by atoms with E-state index in [4.69, 9.17) is 0 Å².